The van der Waals surface area contributed by atoms with Crippen molar-refractivity contribution in [2.24, 2.45) is 11.7 Å². The number of benzene rings is 1. The highest BCUT2D eigenvalue weighted by Crippen LogP contribution is 2.43. The van der Waals surface area contributed by atoms with Crippen LogP contribution < -0.4 is 10.5 Å². The summed E-state index contributed by atoms with van der Waals surface area (Å²) in [6.45, 7) is 1.34. The van der Waals surface area contributed by atoms with Crippen molar-refractivity contribution in [3.8, 4) is 11.5 Å². The summed E-state index contributed by atoms with van der Waals surface area (Å²) in [6.07, 6.45) is -1.99. The standard InChI is InChI=1S/C14H20F2N2O2/c1-18-7-8(6-17)3-12(18)10-4-9(20-2)5-11(13(10)19)14(15)16/h4-5,8,12,14,19H,3,6-7,17H2,1-2H3. The fourth-order valence-corrected chi connectivity index (χ4v) is 2.83. The van der Waals surface area contributed by atoms with Crippen LogP contribution in [-0.4, -0.2) is 37.3 Å². The second kappa shape index (κ2) is 5.93. The maximum atomic E-state index is 13.0. The molecular formula is C14H20F2N2O2. The number of hydrogen-bond acceptors (Lipinski definition) is 4. The second-order valence-electron chi connectivity index (χ2n) is 5.25. The van der Waals surface area contributed by atoms with Crippen molar-refractivity contribution < 1.29 is 18.6 Å². The number of likely N-dealkylation sites (tertiary alicyclic amines) is 1. The minimum atomic E-state index is -2.74. The predicted octanol–water partition coefficient (Wildman–Crippen LogP) is 2.29. The number of aromatic hydroxyl groups is 1. The maximum absolute atomic E-state index is 13.0. The van der Waals surface area contributed by atoms with E-state index in [4.69, 9.17) is 10.5 Å². The van der Waals surface area contributed by atoms with Gasteiger partial charge in [-0.3, -0.25) is 4.90 Å². The normalized spacial score (nSPS) is 23.5. The van der Waals surface area contributed by atoms with E-state index in [1.54, 1.807) is 6.07 Å². The second-order valence-corrected chi connectivity index (χ2v) is 5.25. The van der Waals surface area contributed by atoms with Gasteiger partial charge in [-0.1, -0.05) is 0 Å². The molecule has 2 rings (SSSR count). The van der Waals surface area contributed by atoms with Crippen LogP contribution >= 0.6 is 0 Å². The fraction of sp³-hybridized carbons (Fsp3) is 0.571. The molecule has 3 N–H and O–H groups in total. The van der Waals surface area contributed by atoms with Crippen LogP contribution in [0, 0.1) is 5.92 Å². The van der Waals surface area contributed by atoms with Crippen LogP contribution in [0.15, 0.2) is 12.1 Å². The zero-order valence-corrected chi connectivity index (χ0v) is 11.6. The minimum absolute atomic E-state index is 0.115. The molecule has 6 heteroatoms. The molecule has 2 unspecified atom stereocenters. The van der Waals surface area contributed by atoms with Gasteiger partial charge < -0.3 is 15.6 Å². The van der Waals surface area contributed by atoms with Crippen LogP contribution in [-0.2, 0) is 0 Å². The van der Waals surface area contributed by atoms with Gasteiger partial charge in [-0.05, 0) is 38.1 Å². The van der Waals surface area contributed by atoms with E-state index >= 15 is 0 Å². The van der Waals surface area contributed by atoms with Gasteiger partial charge in [0.25, 0.3) is 6.43 Å². The Morgan fingerprint density at radius 3 is 2.70 bits per heavy atom. The molecule has 0 bridgehead atoms. The van der Waals surface area contributed by atoms with Crippen molar-refractivity contribution in [2.75, 3.05) is 27.2 Å². The highest BCUT2D eigenvalue weighted by Gasteiger charge is 2.33. The monoisotopic (exact) mass is 286 g/mol. The Morgan fingerprint density at radius 2 is 2.20 bits per heavy atom. The largest absolute Gasteiger partial charge is 0.507 e. The first-order valence-electron chi connectivity index (χ1n) is 6.57. The van der Waals surface area contributed by atoms with Crippen molar-refractivity contribution >= 4 is 0 Å². The number of hydrogen-bond donors (Lipinski definition) is 2. The molecule has 1 aromatic carbocycles. The Hall–Kier alpha value is -1.40. The Bertz CT molecular complexity index is 482. The van der Waals surface area contributed by atoms with Gasteiger partial charge in [0.15, 0.2) is 0 Å². The molecule has 1 saturated heterocycles. The molecule has 1 aliphatic rings. The molecule has 1 aromatic rings. The lowest BCUT2D eigenvalue weighted by Crippen LogP contribution is -2.20. The molecule has 20 heavy (non-hydrogen) atoms. The fourth-order valence-electron chi connectivity index (χ4n) is 2.83. The molecule has 0 saturated carbocycles. The Labute approximate surface area is 117 Å². The van der Waals surface area contributed by atoms with E-state index in [0.717, 1.165) is 13.0 Å². The summed E-state index contributed by atoms with van der Waals surface area (Å²) in [5.74, 6) is 0.304. The predicted molar refractivity (Wildman–Crippen MR) is 72.1 cm³/mol. The van der Waals surface area contributed by atoms with E-state index in [-0.39, 0.29) is 17.4 Å². The number of phenols is 1. The maximum Gasteiger partial charge on any atom is 0.267 e. The van der Waals surface area contributed by atoms with Crippen LogP contribution in [0.1, 0.15) is 30.0 Å². The van der Waals surface area contributed by atoms with Crippen molar-refractivity contribution in [1.29, 1.82) is 0 Å². The third-order valence-electron chi connectivity index (χ3n) is 3.94. The van der Waals surface area contributed by atoms with Gasteiger partial charge in [0.1, 0.15) is 11.5 Å². The number of ether oxygens (including phenoxy) is 1. The third-order valence-corrected chi connectivity index (χ3v) is 3.94. The Kier molecular flexibility index (Phi) is 4.45. The quantitative estimate of drug-likeness (QED) is 0.891. The smallest absolute Gasteiger partial charge is 0.267 e. The molecule has 0 amide bonds. The molecule has 0 aliphatic carbocycles. The Morgan fingerprint density at radius 1 is 1.50 bits per heavy atom. The number of phenolic OH excluding ortho intramolecular Hbond substituents is 1. The molecule has 112 valence electrons. The van der Waals surface area contributed by atoms with Crippen molar-refractivity contribution in [1.82, 2.24) is 4.90 Å². The molecule has 0 radical (unpaired) electrons. The Balaban J connectivity index is 2.43. The molecule has 1 heterocycles. The number of nitrogens with two attached hydrogens (primary N) is 1. The number of rotatable bonds is 4. The molecule has 0 spiro atoms. The van der Waals surface area contributed by atoms with Crippen molar-refractivity contribution in [3.63, 3.8) is 0 Å². The van der Waals surface area contributed by atoms with Gasteiger partial charge in [-0.15, -0.1) is 0 Å². The van der Waals surface area contributed by atoms with Crippen molar-refractivity contribution in [2.45, 2.75) is 18.9 Å². The van der Waals surface area contributed by atoms with E-state index in [9.17, 15) is 13.9 Å². The lowest BCUT2D eigenvalue weighted by Gasteiger charge is -2.22. The lowest BCUT2D eigenvalue weighted by molar-refractivity contribution is 0.146. The summed E-state index contributed by atoms with van der Waals surface area (Å²) >= 11 is 0. The van der Waals surface area contributed by atoms with Gasteiger partial charge in [-0.2, -0.15) is 0 Å². The minimum Gasteiger partial charge on any atom is -0.507 e. The molecule has 4 nitrogen and oxygen atoms in total. The van der Waals surface area contributed by atoms with Crippen LogP contribution in [0.3, 0.4) is 0 Å². The van der Waals surface area contributed by atoms with Crippen LogP contribution in [0.4, 0.5) is 8.78 Å². The number of alkyl halides is 2. The number of halogens is 2. The van der Waals surface area contributed by atoms with E-state index in [0.29, 0.717) is 23.8 Å². The molecular weight excluding hydrogens is 266 g/mol. The van der Waals surface area contributed by atoms with E-state index in [1.165, 1.54) is 13.2 Å². The van der Waals surface area contributed by atoms with Gasteiger partial charge >= 0.3 is 0 Å². The zero-order chi connectivity index (χ0) is 14.9. The topological polar surface area (TPSA) is 58.7 Å². The molecule has 2 atom stereocenters. The van der Waals surface area contributed by atoms with Gasteiger partial charge in [0.05, 0.1) is 12.7 Å². The summed E-state index contributed by atoms with van der Waals surface area (Å²) < 4.78 is 31.1. The molecule has 1 fully saturated rings. The average molecular weight is 286 g/mol. The lowest BCUT2D eigenvalue weighted by atomic mass is 9.96. The first-order chi connectivity index (χ1) is 9.47. The van der Waals surface area contributed by atoms with Gasteiger partial charge in [0, 0.05) is 18.2 Å². The van der Waals surface area contributed by atoms with E-state index in [2.05, 4.69) is 0 Å². The van der Waals surface area contributed by atoms with E-state index in [1.807, 2.05) is 11.9 Å². The van der Waals surface area contributed by atoms with Crippen molar-refractivity contribution in [3.05, 3.63) is 23.3 Å². The zero-order valence-electron chi connectivity index (χ0n) is 11.6. The third kappa shape index (κ3) is 2.71. The summed E-state index contributed by atoms with van der Waals surface area (Å²) in [6, 6.07) is 2.69. The average Bonchev–Trinajstić information content (AvgIpc) is 2.80. The van der Waals surface area contributed by atoms with Crippen LogP contribution in [0.25, 0.3) is 0 Å². The van der Waals surface area contributed by atoms with Gasteiger partial charge in [-0.25, -0.2) is 8.78 Å². The highest BCUT2D eigenvalue weighted by atomic mass is 19.3. The van der Waals surface area contributed by atoms with Crippen LogP contribution in [0.2, 0.25) is 0 Å². The number of nitrogens with zero attached hydrogens (tertiary/aromatic N) is 1. The number of methoxy groups -OCH3 is 1. The summed E-state index contributed by atoms with van der Waals surface area (Å²) in [4.78, 5) is 2.03. The summed E-state index contributed by atoms with van der Waals surface area (Å²) in [5, 5.41) is 10.1. The van der Waals surface area contributed by atoms with E-state index < -0.39 is 6.43 Å². The highest BCUT2D eigenvalue weighted by molar-refractivity contribution is 5.48. The molecule has 1 aliphatic heterocycles. The van der Waals surface area contributed by atoms with Crippen LogP contribution in [0.5, 0.6) is 11.5 Å². The first kappa shape index (κ1) is 15.0. The van der Waals surface area contributed by atoms with Gasteiger partial charge in [0.2, 0.25) is 0 Å². The summed E-state index contributed by atoms with van der Waals surface area (Å²) in [5.41, 5.74) is 5.77. The first-order valence-corrected chi connectivity index (χ1v) is 6.57. The molecule has 0 aromatic heterocycles. The SMILES string of the molecule is COc1cc(C(F)F)c(O)c(C2CC(CN)CN2C)c1. The summed E-state index contributed by atoms with van der Waals surface area (Å²) in [7, 11) is 3.33.